The zero-order valence-electron chi connectivity index (χ0n) is 11.7. The van der Waals surface area contributed by atoms with Crippen molar-refractivity contribution in [1.29, 1.82) is 0 Å². The maximum atomic E-state index is 13.8. The van der Waals surface area contributed by atoms with Crippen LogP contribution in [0.1, 0.15) is 36.3 Å². The molecule has 0 radical (unpaired) electrons. The highest BCUT2D eigenvalue weighted by Crippen LogP contribution is 2.22. The third kappa shape index (κ3) is 3.04. The summed E-state index contributed by atoms with van der Waals surface area (Å²) < 4.78 is 29.1. The van der Waals surface area contributed by atoms with Crippen LogP contribution in [0.2, 0.25) is 0 Å². The Balaban J connectivity index is 2.21. The van der Waals surface area contributed by atoms with Gasteiger partial charge in [-0.25, -0.2) is 13.8 Å². The molecular formula is C15H19F2N3. The van der Waals surface area contributed by atoms with Gasteiger partial charge in [0.15, 0.2) is 0 Å². The smallest absolute Gasteiger partial charge is 0.130 e. The highest BCUT2D eigenvalue weighted by molar-refractivity contribution is 5.28. The predicted molar refractivity (Wildman–Crippen MR) is 74.2 cm³/mol. The Morgan fingerprint density at radius 1 is 1.30 bits per heavy atom. The van der Waals surface area contributed by atoms with Crippen LogP contribution in [0.25, 0.3) is 0 Å². The van der Waals surface area contributed by atoms with Gasteiger partial charge in [0.1, 0.15) is 17.5 Å². The molecule has 108 valence electrons. The largest absolute Gasteiger partial charge is 0.335 e. The molecule has 2 rings (SSSR count). The van der Waals surface area contributed by atoms with Gasteiger partial charge in [-0.3, -0.25) is 0 Å². The molecule has 0 spiro atoms. The Hall–Kier alpha value is -1.75. The van der Waals surface area contributed by atoms with Crippen molar-refractivity contribution >= 4 is 0 Å². The molecule has 5 heteroatoms. The van der Waals surface area contributed by atoms with Crippen molar-refractivity contribution in [2.75, 3.05) is 0 Å². The predicted octanol–water partition coefficient (Wildman–Crippen LogP) is 3.12. The number of benzene rings is 1. The van der Waals surface area contributed by atoms with Crippen LogP contribution in [-0.2, 0) is 13.0 Å². The van der Waals surface area contributed by atoms with Gasteiger partial charge in [-0.1, -0.05) is 6.92 Å². The number of imidazole rings is 1. The first kappa shape index (κ1) is 14.7. The van der Waals surface area contributed by atoms with Gasteiger partial charge in [-0.05, 0) is 25.0 Å². The highest BCUT2D eigenvalue weighted by Gasteiger charge is 2.16. The normalized spacial score (nSPS) is 12.7. The fourth-order valence-electron chi connectivity index (χ4n) is 2.24. The Morgan fingerprint density at radius 2 is 2.05 bits per heavy atom. The molecule has 2 N–H and O–H groups in total. The third-order valence-corrected chi connectivity index (χ3v) is 3.35. The number of aryl methyl sites for hydroxylation is 2. The standard InChI is InChI=1S/C15H19F2N3/c1-3-5-20-6-4-19-15(20)9-14(18)11-7-10(2)12(16)8-13(11)17/h4,6-8,14H,3,5,9,18H2,1-2H3. The molecule has 0 aliphatic carbocycles. The first-order valence-corrected chi connectivity index (χ1v) is 6.74. The number of hydrogen-bond donors (Lipinski definition) is 1. The van der Waals surface area contributed by atoms with Gasteiger partial charge in [-0.15, -0.1) is 0 Å². The molecule has 1 aromatic heterocycles. The number of nitrogens with two attached hydrogens (primary N) is 1. The highest BCUT2D eigenvalue weighted by atomic mass is 19.1. The van der Waals surface area contributed by atoms with Crippen LogP contribution in [0.15, 0.2) is 24.5 Å². The molecule has 1 unspecified atom stereocenters. The first-order chi connectivity index (χ1) is 9.52. The molecule has 20 heavy (non-hydrogen) atoms. The topological polar surface area (TPSA) is 43.8 Å². The van der Waals surface area contributed by atoms with E-state index in [-0.39, 0.29) is 0 Å². The molecule has 1 heterocycles. The average molecular weight is 279 g/mol. The van der Waals surface area contributed by atoms with E-state index in [1.54, 1.807) is 13.1 Å². The summed E-state index contributed by atoms with van der Waals surface area (Å²) >= 11 is 0. The summed E-state index contributed by atoms with van der Waals surface area (Å²) in [6, 6.07) is 1.83. The van der Waals surface area contributed by atoms with E-state index in [1.807, 2.05) is 10.8 Å². The lowest BCUT2D eigenvalue weighted by Gasteiger charge is -2.15. The van der Waals surface area contributed by atoms with Crippen molar-refractivity contribution in [3.8, 4) is 0 Å². The van der Waals surface area contributed by atoms with Crippen molar-refractivity contribution in [3.05, 3.63) is 53.1 Å². The number of halogens is 2. The van der Waals surface area contributed by atoms with Gasteiger partial charge in [0.2, 0.25) is 0 Å². The first-order valence-electron chi connectivity index (χ1n) is 6.74. The van der Waals surface area contributed by atoms with Crippen LogP contribution in [0.3, 0.4) is 0 Å². The molecule has 2 aromatic rings. The fourth-order valence-corrected chi connectivity index (χ4v) is 2.24. The summed E-state index contributed by atoms with van der Waals surface area (Å²) in [5.74, 6) is -0.333. The van der Waals surface area contributed by atoms with E-state index in [0.29, 0.717) is 17.5 Å². The lowest BCUT2D eigenvalue weighted by Crippen LogP contribution is -2.18. The molecule has 0 saturated carbocycles. The lowest BCUT2D eigenvalue weighted by atomic mass is 10.0. The van der Waals surface area contributed by atoms with Crippen LogP contribution < -0.4 is 5.73 Å². The third-order valence-electron chi connectivity index (χ3n) is 3.35. The lowest BCUT2D eigenvalue weighted by molar-refractivity contribution is 0.538. The maximum absolute atomic E-state index is 13.8. The van der Waals surface area contributed by atoms with Gasteiger partial charge in [-0.2, -0.15) is 0 Å². The minimum Gasteiger partial charge on any atom is -0.335 e. The second-order valence-corrected chi connectivity index (χ2v) is 4.97. The van der Waals surface area contributed by atoms with Crippen LogP contribution in [0, 0.1) is 18.6 Å². The van der Waals surface area contributed by atoms with E-state index >= 15 is 0 Å². The van der Waals surface area contributed by atoms with Crippen LogP contribution in [0.5, 0.6) is 0 Å². The Morgan fingerprint density at radius 3 is 2.75 bits per heavy atom. The summed E-state index contributed by atoms with van der Waals surface area (Å²) in [5.41, 5.74) is 6.78. The van der Waals surface area contributed by atoms with Gasteiger partial charge in [0, 0.05) is 43.0 Å². The molecule has 0 fully saturated rings. The summed E-state index contributed by atoms with van der Waals surface area (Å²) in [6.07, 6.45) is 5.01. The quantitative estimate of drug-likeness (QED) is 0.914. The van der Waals surface area contributed by atoms with Gasteiger partial charge < -0.3 is 10.3 Å². The van der Waals surface area contributed by atoms with Gasteiger partial charge in [0.05, 0.1) is 0 Å². The van der Waals surface area contributed by atoms with Crippen molar-refractivity contribution in [2.45, 2.75) is 39.3 Å². The molecule has 1 atom stereocenters. The van der Waals surface area contributed by atoms with E-state index in [2.05, 4.69) is 11.9 Å². The zero-order valence-corrected chi connectivity index (χ0v) is 11.7. The summed E-state index contributed by atoms with van der Waals surface area (Å²) in [5, 5.41) is 0. The Kier molecular flexibility index (Phi) is 4.49. The fraction of sp³-hybridized carbons (Fsp3) is 0.400. The Labute approximate surface area is 117 Å². The SMILES string of the molecule is CCCn1ccnc1CC(N)c1cc(C)c(F)cc1F. The van der Waals surface area contributed by atoms with E-state index < -0.39 is 17.7 Å². The van der Waals surface area contributed by atoms with Crippen molar-refractivity contribution in [2.24, 2.45) is 5.73 Å². The number of aromatic nitrogens is 2. The maximum Gasteiger partial charge on any atom is 0.130 e. The van der Waals surface area contributed by atoms with Crippen LogP contribution in [-0.4, -0.2) is 9.55 Å². The summed E-state index contributed by atoms with van der Waals surface area (Å²) in [4.78, 5) is 4.26. The number of nitrogens with zero attached hydrogens (tertiary/aromatic N) is 2. The monoisotopic (exact) mass is 279 g/mol. The molecule has 0 aliphatic rings. The molecule has 0 aliphatic heterocycles. The van der Waals surface area contributed by atoms with Crippen LogP contribution in [0.4, 0.5) is 8.78 Å². The van der Waals surface area contributed by atoms with Crippen molar-refractivity contribution in [3.63, 3.8) is 0 Å². The van der Waals surface area contributed by atoms with Gasteiger partial charge >= 0.3 is 0 Å². The molecule has 3 nitrogen and oxygen atoms in total. The molecule has 0 amide bonds. The molecule has 1 aromatic carbocycles. The zero-order chi connectivity index (χ0) is 14.7. The molecule has 0 bridgehead atoms. The minimum absolute atomic E-state index is 0.329. The minimum atomic E-state index is -0.603. The van der Waals surface area contributed by atoms with E-state index in [0.717, 1.165) is 24.9 Å². The van der Waals surface area contributed by atoms with Crippen molar-refractivity contribution < 1.29 is 8.78 Å². The second kappa shape index (κ2) is 6.13. The van der Waals surface area contributed by atoms with Crippen LogP contribution >= 0.6 is 0 Å². The second-order valence-electron chi connectivity index (χ2n) is 4.97. The van der Waals surface area contributed by atoms with Crippen molar-refractivity contribution in [1.82, 2.24) is 9.55 Å². The van der Waals surface area contributed by atoms with E-state index in [4.69, 9.17) is 5.73 Å². The van der Waals surface area contributed by atoms with Gasteiger partial charge in [0.25, 0.3) is 0 Å². The molecular weight excluding hydrogens is 260 g/mol. The van der Waals surface area contributed by atoms with E-state index in [9.17, 15) is 8.78 Å². The Bertz CT molecular complexity index is 593. The van der Waals surface area contributed by atoms with E-state index in [1.165, 1.54) is 6.07 Å². The number of rotatable bonds is 5. The summed E-state index contributed by atoms with van der Waals surface area (Å²) in [7, 11) is 0. The number of hydrogen-bond acceptors (Lipinski definition) is 2. The molecule has 0 saturated heterocycles. The average Bonchev–Trinajstić information content (AvgIpc) is 2.81. The summed E-state index contributed by atoms with van der Waals surface area (Å²) in [6.45, 7) is 4.53.